The van der Waals surface area contributed by atoms with Gasteiger partial charge in [-0.25, -0.2) is 0 Å². The van der Waals surface area contributed by atoms with E-state index in [1.165, 1.54) is 67.2 Å². The number of aromatic hydroxyl groups is 4. The van der Waals surface area contributed by atoms with Crippen LogP contribution in [0.3, 0.4) is 0 Å². The number of rotatable bonds is 9. The molecule has 0 heterocycles. The van der Waals surface area contributed by atoms with Crippen LogP contribution in [0.4, 0.5) is 0 Å². The number of hydrogen-bond acceptors (Lipinski definition) is 4. The zero-order chi connectivity index (χ0) is 39.4. The van der Waals surface area contributed by atoms with Crippen LogP contribution in [0.15, 0.2) is 97.1 Å². The standard InChI is InChI=1S/C26H36O2.C24H32O2/c1-24(2,3)18-25(4,5)19-14-16-26(17-15-19,20-6-10-22(27)11-7-20)21-8-12-23(28)13-9-21;1-4-15-23(2,3)18-13-16-24(17-14-18,19-5-9-21(25)10-6-19)20-7-11-22(26)12-8-20/h6-13,19,27-28H,14-18H2,1-5H3;5-12,18,25-26H,4,13-17H2,1-3H3. The van der Waals surface area contributed by atoms with Crippen LogP contribution in [0, 0.1) is 28.1 Å². The fraction of sp³-hybridized carbons (Fsp3) is 0.520. The first-order chi connectivity index (χ1) is 25.4. The highest BCUT2D eigenvalue weighted by Crippen LogP contribution is 2.54. The molecule has 54 heavy (non-hydrogen) atoms. The molecule has 0 saturated heterocycles. The van der Waals surface area contributed by atoms with Gasteiger partial charge in [-0.15, -0.1) is 0 Å². The average Bonchev–Trinajstić information content (AvgIpc) is 3.12. The van der Waals surface area contributed by atoms with Gasteiger partial charge in [-0.2, -0.15) is 0 Å². The van der Waals surface area contributed by atoms with Gasteiger partial charge in [0.2, 0.25) is 0 Å². The third-order valence-electron chi connectivity index (χ3n) is 13.4. The zero-order valence-corrected chi connectivity index (χ0v) is 34.5. The fourth-order valence-electron chi connectivity index (χ4n) is 10.8. The maximum absolute atomic E-state index is 9.77. The Morgan fingerprint density at radius 1 is 0.444 bits per heavy atom. The molecule has 0 spiro atoms. The van der Waals surface area contributed by atoms with Crippen LogP contribution in [0.5, 0.6) is 23.0 Å². The van der Waals surface area contributed by atoms with Gasteiger partial charge in [-0.3, -0.25) is 0 Å². The Morgan fingerprint density at radius 3 is 0.944 bits per heavy atom. The summed E-state index contributed by atoms with van der Waals surface area (Å²) in [7, 11) is 0. The molecule has 2 aliphatic carbocycles. The second-order valence-electron chi connectivity index (χ2n) is 19.4. The third kappa shape index (κ3) is 9.47. The first kappa shape index (κ1) is 41.2. The molecule has 292 valence electrons. The van der Waals surface area contributed by atoms with Crippen molar-refractivity contribution in [1.29, 1.82) is 0 Å². The highest BCUT2D eigenvalue weighted by Gasteiger charge is 2.44. The van der Waals surface area contributed by atoms with E-state index in [0.717, 1.165) is 31.6 Å². The Labute approximate surface area is 326 Å². The average molecular weight is 733 g/mol. The molecular formula is C50H68O4. The van der Waals surface area contributed by atoms with Crippen molar-refractivity contribution in [3.8, 4) is 23.0 Å². The number of phenolic OH excluding ortho intramolecular Hbond substituents is 4. The van der Waals surface area contributed by atoms with Crippen molar-refractivity contribution in [3.05, 3.63) is 119 Å². The van der Waals surface area contributed by atoms with Gasteiger partial charge < -0.3 is 20.4 Å². The summed E-state index contributed by atoms with van der Waals surface area (Å²) in [6.07, 6.45) is 13.0. The Morgan fingerprint density at radius 2 is 0.704 bits per heavy atom. The molecule has 4 N–H and O–H groups in total. The molecule has 2 fully saturated rings. The van der Waals surface area contributed by atoms with E-state index in [9.17, 15) is 20.4 Å². The molecule has 2 aliphatic rings. The van der Waals surface area contributed by atoms with Crippen LogP contribution in [-0.4, -0.2) is 20.4 Å². The fourth-order valence-corrected chi connectivity index (χ4v) is 10.8. The minimum atomic E-state index is -0.0459. The van der Waals surface area contributed by atoms with Gasteiger partial charge in [0.1, 0.15) is 23.0 Å². The molecule has 4 heteroatoms. The summed E-state index contributed by atoms with van der Waals surface area (Å²) in [5.41, 5.74) is 6.06. The van der Waals surface area contributed by atoms with E-state index in [1.807, 2.05) is 0 Å². The van der Waals surface area contributed by atoms with E-state index >= 15 is 0 Å². The second kappa shape index (κ2) is 16.4. The molecule has 4 aromatic rings. The largest absolute Gasteiger partial charge is 0.508 e. The minimum absolute atomic E-state index is 0.0276. The van der Waals surface area contributed by atoms with Gasteiger partial charge >= 0.3 is 0 Å². The van der Waals surface area contributed by atoms with Crippen LogP contribution in [0.1, 0.15) is 148 Å². The Bertz CT molecular complexity index is 1650. The van der Waals surface area contributed by atoms with E-state index < -0.39 is 0 Å². The molecule has 0 amide bonds. The molecule has 2 saturated carbocycles. The molecular weight excluding hydrogens is 665 g/mol. The molecule has 4 aromatic carbocycles. The maximum Gasteiger partial charge on any atom is 0.115 e. The van der Waals surface area contributed by atoms with Gasteiger partial charge in [0.25, 0.3) is 0 Å². The summed E-state index contributed by atoms with van der Waals surface area (Å²) < 4.78 is 0. The van der Waals surface area contributed by atoms with Crippen molar-refractivity contribution in [2.24, 2.45) is 28.1 Å². The number of hydrogen-bond donors (Lipinski definition) is 4. The maximum atomic E-state index is 9.77. The predicted molar refractivity (Wildman–Crippen MR) is 224 cm³/mol. The van der Waals surface area contributed by atoms with Crippen molar-refractivity contribution < 1.29 is 20.4 Å². The summed E-state index contributed by atoms with van der Waals surface area (Å²) in [5.74, 6) is 2.72. The predicted octanol–water partition coefficient (Wildman–Crippen LogP) is 13.4. The number of phenols is 4. The third-order valence-corrected chi connectivity index (χ3v) is 13.4. The topological polar surface area (TPSA) is 80.9 Å². The van der Waals surface area contributed by atoms with Gasteiger partial charge in [0.05, 0.1) is 0 Å². The van der Waals surface area contributed by atoms with Crippen molar-refractivity contribution in [1.82, 2.24) is 0 Å². The van der Waals surface area contributed by atoms with Crippen molar-refractivity contribution in [2.75, 3.05) is 0 Å². The second-order valence-corrected chi connectivity index (χ2v) is 19.4. The Kier molecular flexibility index (Phi) is 12.6. The molecule has 0 aliphatic heterocycles. The first-order valence-electron chi connectivity index (χ1n) is 20.6. The van der Waals surface area contributed by atoms with Crippen molar-refractivity contribution in [3.63, 3.8) is 0 Å². The van der Waals surface area contributed by atoms with Crippen LogP contribution in [0.25, 0.3) is 0 Å². The summed E-state index contributed by atoms with van der Waals surface area (Å²) >= 11 is 0. The van der Waals surface area contributed by atoms with E-state index in [0.29, 0.717) is 45.2 Å². The molecule has 0 aromatic heterocycles. The van der Waals surface area contributed by atoms with E-state index in [-0.39, 0.29) is 10.8 Å². The van der Waals surface area contributed by atoms with Gasteiger partial charge in [-0.1, -0.05) is 110 Å². The summed E-state index contributed by atoms with van der Waals surface area (Å²) in [4.78, 5) is 0. The summed E-state index contributed by atoms with van der Waals surface area (Å²) in [6, 6.07) is 30.9. The van der Waals surface area contributed by atoms with Gasteiger partial charge in [0.15, 0.2) is 0 Å². The zero-order valence-electron chi connectivity index (χ0n) is 34.5. The normalized spacial score (nSPS) is 18.1. The molecule has 6 rings (SSSR count). The molecule has 0 radical (unpaired) electrons. The van der Waals surface area contributed by atoms with Gasteiger partial charge in [-0.05, 0) is 163 Å². The molecule has 4 nitrogen and oxygen atoms in total. The lowest BCUT2D eigenvalue weighted by atomic mass is 9.57. The van der Waals surface area contributed by atoms with Crippen LogP contribution >= 0.6 is 0 Å². The van der Waals surface area contributed by atoms with Gasteiger partial charge in [0, 0.05) is 10.8 Å². The highest BCUT2D eigenvalue weighted by atomic mass is 16.3. The van der Waals surface area contributed by atoms with Crippen molar-refractivity contribution >= 4 is 0 Å². The smallest absolute Gasteiger partial charge is 0.115 e. The molecule has 0 bridgehead atoms. The summed E-state index contributed by atoms with van der Waals surface area (Å²) in [6.45, 7) is 19.0. The summed E-state index contributed by atoms with van der Waals surface area (Å²) in [5, 5.41) is 39.0. The first-order valence-corrected chi connectivity index (χ1v) is 20.6. The monoisotopic (exact) mass is 733 g/mol. The van der Waals surface area contributed by atoms with Crippen LogP contribution in [-0.2, 0) is 10.8 Å². The SMILES string of the molecule is CC(C)(C)CC(C)(C)C1CCC(c2ccc(O)cc2)(c2ccc(O)cc2)CC1.CCCC(C)(C)C1CCC(c2ccc(O)cc2)(c2ccc(O)cc2)CC1. The minimum Gasteiger partial charge on any atom is -0.508 e. The van der Waals surface area contributed by atoms with E-state index in [4.69, 9.17) is 0 Å². The quantitative estimate of drug-likeness (QED) is 0.138. The lowest BCUT2D eigenvalue weighted by Gasteiger charge is -2.47. The Hall–Kier alpha value is -3.92. The number of benzene rings is 4. The highest BCUT2D eigenvalue weighted by molar-refractivity contribution is 5.45. The van der Waals surface area contributed by atoms with Crippen molar-refractivity contribution in [2.45, 2.75) is 137 Å². The molecule has 0 atom stereocenters. The lowest BCUT2D eigenvalue weighted by molar-refractivity contribution is 0.0833. The lowest BCUT2D eigenvalue weighted by Crippen LogP contribution is -2.38. The van der Waals surface area contributed by atoms with E-state index in [2.05, 4.69) is 104 Å². The van der Waals surface area contributed by atoms with Crippen LogP contribution < -0.4 is 0 Å². The van der Waals surface area contributed by atoms with E-state index in [1.54, 1.807) is 48.5 Å². The Balaban J connectivity index is 0.000000208. The molecule has 0 unspecified atom stereocenters. The van der Waals surface area contributed by atoms with Crippen LogP contribution in [0.2, 0.25) is 0 Å².